The second-order valence-corrected chi connectivity index (χ2v) is 32.2. The van der Waals surface area contributed by atoms with Crippen LogP contribution in [0.1, 0.15) is 197 Å². The number of aryl methyl sites for hydroxylation is 2. The van der Waals surface area contributed by atoms with E-state index in [1.807, 2.05) is 48.9 Å². The van der Waals surface area contributed by atoms with E-state index in [9.17, 15) is 57.0 Å². The van der Waals surface area contributed by atoms with Gasteiger partial charge < -0.3 is 65.8 Å². The second-order valence-electron chi connectivity index (χ2n) is 30.6. The number of ether oxygens (including phenoxy) is 5. The van der Waals surface area contributed by atoms with Crippen molar-refractivity contribution in [2.45, 2.75) is 225 Å². The van der Waals surface area contributed by atoms with Crippen LogP contribution in [-0.4, -0.2) is 201 Å². The molecule has 5 aliphatic rings. The van der Waals surface area contributed by atoms with Crippen molar-refractivity contribution in [2.24, 2.45) is 28.6 Å². The monoisotopic (exact) mass is 1490 g/mol. The number of nitrogens with zero attached hydrogens (tertiary/aromatic N) is 3. The summed E-state index contributed by atoms with van der Waals surface area (Å²) in [6.45, 7) is 15.7. The first-order valence-corrected chi connectivity index (χ1v) is 39.5. The van der Waals surface area contributed by atoms with Gasteiger partial charge in [0.25, 0.3) is 10.1 Å². The molecule has 2 saturated carbocycles. The Morgan fingerprint density at radius 1 is 0.648 bits per heavy atom. The van der Waals surface area contributed by atoms with Crippen LogP contribution >= 0.6 is 0 Å². The van der Waals surface area contributed by atoms with Gasteiger partial charge in [-0.3, -0.25) is 48.2 Å². The molecule has 0 aliphatic heterocycles. The molecular formula is C76H116N10O18S. The number of fused-ring (bicyclic) bond motifs is 7. The molecule has 1 aromatic heterocycles. The van der Waals surface area contributed by atoms with E-state index in [1.165, 1.54) is 12.5 Å². The number of ketones is 1. The second kappa shape index (κ2) is 38.8. The lowest BCUT2D eigenvalue weighted by atomic mass is 9.49. The number of aromatic nitrogens is 3. The predicted molar refractivity (Wildman–Crippen MR) is 390 cm³/mol. The first-order chi connectivity index (χ1) is 50.0. The highest BCUT2D eigenvalue weighted by molar-refractivity contribution is 7.85. The van der Waals surface area contributed by atoms with E-state index in [0.717, 1.165) is 98.7 Å². The Morgan fingerprint density at radius 2 is 1.25 bits per heavy atom. The summed E-state index contributed by atoms with van der Waals surface area (Å²) in [7, 11) is -2.49. The van der Waals surface area contributed by atoms with Crippen LogP contribution < -0.4 is 37.2 Å². The molecule has 8 rings (SSSR count). The van der Waals surface area contributed by atoms with Gasteiger partial charge in [-0.2, -0.15) is 8.42 Å². The number of carbonyl (C=O) groups is 8. The van der Waals surface area contributed by atoms with E-state index in [4.69, 9.17) is 28.2 Å². The molecule has 11 atom stereocenters. The highest BCUT2D eigenvalue weighted by Crippen LogP contribution is 2.60. The molecule has 2 fully saturated rings. The number of aromatic hydroxyl groups is 1. The van der Waals surface area contributed by atoms with E-state index >= 15 is 0 Å². The van der Waals surface area contributed by atoms with E-state index in [0.29, 0.717) is 103 Å². The third-order valence-electron chi connectivity index (χ3n) is 22.9. The number of benzene rings is 2. The Bertz CT molecular complexity index is 3590. The van der Waals surface area contributed by atoms with Crippen molar-refractivity contribution in [1.82, 2.24) is 52.2 Å². The lowest BCUT2D eigenvalue weighted by Gasteiger charge is -2.56. The van der Waals surface area contributed by atoms with Gasteiger partial charge in [-0.15, -0.1) is 5.10 Å². The van der Waals surface area contributed by atoms with Crippen LogP contribution in [0.25, 0.3) is 0 Å². The van der Waals surface area contributed by atoms with Gasteiger partial charge in [0, 0.05) is 25.9 Å². The zero-order valence-corrected chi connectivity index (χ0v) is 63.7. The van der Waals surface area contributed by atoms with Crippen molar-refractivity contribution >= 4 is 57.3 Å². The van der Waals surface area contributed by atoms with Crippen molar-refractivity contribution in [3.8, 4) is 5.75 Å². The number of phenolic OH excluding ortho intramolecular Hbond substituents is 1. The highest BCUT2D eigenvalue weighted by atomic mass is 32.2. The normalized spacial score (nSPS) is 23.9. The van der Waals surface area contributed by atoms with E-state index < -0.39 is 92.5 Å². The number of likely N-dealkylation sites (N-methyl/N-ethyl adjacent to an activating group) is 1. The Balaban J connectivity index is 0.716. The number of unbranched alkanes of at least 4 members (excludes halogenated alkanes) is 1. The minimum absolute atomic E-state index is 0.00919. The zero-order chi connectivity index (χ0) is 76.1. The number of phenols is 1. The van der Waals surface area contributed by atoms with Crippen LogP contribution in [0.15, 0.2) is 36.4 Å². The summed E-state index contributed by atoms with van der Waals surface area (Å²) in [5, 5.41) is 49.4. The molecule has 0 spiro atoms. The van der Waals surface area contributed by atoms with Crippen LogP contribution in [-0.2, 0) is 115 Å². The largest absolute Gasteiger partial charge is 0.508 e. The topological polar surface area (TPSA) is 392 Å². The molecule has 1 heterocycles. The molecule has 2 aromatic carbocycles. The molecule has 0 bridgehead atoms. The van der Waals surface area contributed by atoms with Crippen LogP contribution in [0.3, 0.4) is 0 Å². The van der Waals surface area contributed by atoms with Crippen molar-refractivity contribution < 1.29 is 85.2 Å². The fourth-order valence-electron chi connectivity index (χ4n) is 17.0. The lowest BCUT2D eigenvalue weighted by molar-refractivity contribution is -0.150. The van der Waals surface area contributed by atoms with Crippen LogP contribution in [0, 0.1) is 28.6 Å². The summed E-state index contributed by atoms with van der Waals surface area (Å²) in [5.41, 5.74) is 4.45. The van der Waals surface area contributed by atoms with Gasteiger partial charge in [0.15, 0.2) is 5.78 Å². The number of Topliss-reactive ketones (excluding diaryl/α,β-unsaturated/α-hetero) is 1. The summed E-state index contributed by atoms with van der Waals surface area (Å²) in [6, 6.07) is 7.42. The number of nitrogens with one attached hydrogen (secondary N) is 7. The molecule has 105 heavy (non-hydrogen) atoms. The third-order valence-corrected chi connectivity index (χ3v) is 23.6. The number of carbonyl (C=O) groups excluding carboxylic acids is 8. The van der Waals surface area contributed by atoms with Gasteiger partial charge in [-0.1, -0.05) is 96.7 Å². The standard InChI is InChI=1S/C76H116N10O18S/c1-49(2)66(82-69(93)57(77-8)16-12-13-32-78-65(91)48-104-61-18-11-9-10-17-59-67(61)84-85-86(59)34-36-101-38-40-103-42-41-102-39-37-100-35-27-64(90)79-33-43-105(97,98)99)70(94)80-50(3)68(92)81-58(47-87)60(89)45-51-19-20-52-22-25-62-73(4,55(52)44-51)28-14-30-75(62,6)71(95)83-72(96)76(7)31-15-29-74(5)56-46-54(88)24-21-53(56)23-26-63(74)76/h19-21,24,44,46,49-50,57-58,61-63,66,77,87-88H,9-18,22-23,25-43,45,47-48H2,1-8H3,(H,78,91)(H,79,90)(H,80,94)(H,81,92)(H,82,93)(H,83,95,96)(H,97,98,99)/t50-,57+,58-,61?,62+,63+,66-,73+,74+,75-,76-/m0/s1. The fraction of sp³-hybridized carbons (Fsp3) is 0.711. The summed E-state index contributed by atoms with van der Waals surface area (Å²) < 4.78 is 60.4. The Hall–Kier alpha value is -6.83. The molecule has 3 aromatic rings. The maximum atomic E-state index is 14.8. The van der Waals surface area contributed by atoms with Crippen LogP contribution in [0.4, 0.5) is 0 Å². The average molecular weight is 1490 g/mol. The Labute approximate surface area is 618 Å². The number of imide groups is 1. The molecule has 0 saturated heterocycles. The van der Waals surface area contributed by atoms with Crippen LogP contribution in [0.2, 0.25) is 0 Å². The number of hydrogen-bond acceptors (Lipinski definition) is 20. The van der Waals surface area contributed by atoms with Gasteiger partial charge in [0.1, 0.15) is 42.3 Å². The molecule has 584 valence electrons. The minimum atomic E-state index is -4.13. The van der Waals surface area contributed by atoms with Crippen LogP contribution in [0.5, 0.6) is 5.75 Å². The number of hydrogen-bond donors (Lipinski definition) is 10. The fourth-order valence-corrected chi connectivity index (χ4v) is 17.3. The Kier molecular flexibility index (Phi) is 31.0. The molecule has 7 amide bonds. The predicted octanol–water partition coefficient (Wildman–Crippen LogP) is 4.79. The zero-order valence-electron chi connectivity index (χ0n) is 62.8. The number of aliphatic hydroxyl groups is 1. The van der Waals surface area contributed by atoms with Crippen molar-refractivity contribution in [1.29, 1.82) is 0 Å². The molecule has 0 radical (unpaired) electrons. The Morgan fingerprint density at radius 3 is 1.86 bits per heavy atom. The number of amides is 7. The van der Waals surface area contributed by atoms with Gasteiger partial charge in [-0.05, 0) is 172 Å². The first kappa shape index (κ1) is 83.8. The lowest BCUT2D eigenvalue weighted by Crippen LogP contribution is -2.60. The third kappa shape index (κ3) is 22.2. The average Bonchev–Trinajstić information content (AvgIpc) is 1.01. The molecular weight excluding hydrogens is 1370 g/mol. The molecule has 28 nitrogen and oxygen atoms in total. The maximum Gasteiger partial charge on any atom is 0.266 e. The van der Waals surface area contributed by atoms with E-state index in [-0.39, 0.29) is 91.8 Å². The van der Waals surface area contributed by atoms with E-state index in [1.54, 1.807) is 27.0 Å². The molecule has 1 unspecified atom stereocenters. The minimum Gasteiger partial charge on any atom is -0.508 e. The molecule has 10 N–H and O–H groups in total. The molecule has 29 heteroatoms. The summed E-state index contributed by atoms with van der Waals surface area (Å²) in [5.74, 6) is -4.14. The summed E-state index contributed by atoms with van der Waals surface area (Å²) >= 11 is 0. The van der Waals surface area contributed by atoms with Gasteiger partial charge in [0.05, 0.1) is 94.3 Å². The van der Waals surface area contributed by atoms with Crippen molar-refractivity contribution in [3.05, 3.63) is 75.6 Å². The van der Waals surface area contributed by atoms with Gasteiger partial charge in [0.2, 0.25) is 41.4 Å². The molecule has 5 aliphatic carbocycles. The smallest absolute Gasteiger partial charge is 0.266 e. The van der Waals surface area contributed by atoms with Crippen molar-refractivity contribution in [2.75, 3.05) is 92.0 Å². The SMILES string of the molecule is CN[C@H](CCCCNC(=O)COC1CCCCCc2c1nnn2CCOCCOCCOCCOCCC(=O)NCCS(=O)(=O)O)C(=O)N[C@H](C(=O)N[C@@H](C)C(=O)N[C@@H](CO)C(=O)Cc1ccc2c(c1)[C@@]1(C)CCC[C@](C)(C(=O)NC(=O)[C@@]3(C)CCC[C@]4(C)c5cc(O)ccc5CC[C@@H]34)[C@@H]1CC2)C(C)C. The highest BCUT2D eigenvalue weighted by Gasteiger charge is 2.59. The van der Waals surface area contributed by atoms with Crippen molar-refractivity contribution in [3.63, 3.8) is 0 Å². The summed E-state index contributed by atoms with van der Waals surface area (Å²) in [6.07, 6.45) is 13.0. The maximum absolute atomic E-state index is 14.8. The number of rotatable bonds is 40. The summed E-state index contributed by atoms with van der Waals surface area (Å²) in [4.78, 5) is 109. The van der Waals surface area contributed by atoms with E-state index in [2.05, 4.69) is 61.4 Å². The quantitative estimate of drug-likeness (QED) is 0.0208. The van der Waals surface area contributed by atoms with Gasteiger partial charge >= 0.3 is 0 Å². The number of aliphatic hydroxyl groups excluding tert-OH is 1. The van der Waals surface area contributed by atoms with Gasteiger partial charge in [-0.25, -0.2) is 4.68 Å². The first-order valence-electron chi connectivity index (χ1n) is 37.9.